The molecule has 1 amide bonds. The number of aliphatic carboxylic acids is 1. The molecule has 1 aliphatic carbocycles. The molecule has 1 aromatic rings. The Balaban J connectivity index is 1.91. The first-order valence-electron chi connectivity index (χ1n) is 4.69. The molecular formula is C10H11NO3S. The summed E-state index contributed by atoms with van der Waals surface area (Å²) in [6.45, 7) is 0.422. The van der Waals surface area contributed by atoms with E-state index < -0.39 is 11.4 Å². The molecule has 80 valence electrons. The molecule has 1 saturated carbocycles. The van der Waals surface area contributed by atoms with E-state index in [2.05, 4.69) is 5.32 Å². The summed E-state index contributed by atoms with van der Waals surface area (Å²) < 4.78 is 0. The maximum Gasteiger partial charge on any atom is 0.319 e. The Morgan fingerprint density at radius 1 is 1.53 bits per heavy atom. The van der Waals surface area contributed by atoms with Crippen molar-refractivity contribution < 1.29 is 14.7 Å². The lowest BCUT2D eigenvalue weighted by molar-refractivity contribution is -0.149. The lowest BCUT2D eigenvalue weighted by atomic mass is 10.1. The van der Waals surface area contributed by atoms with Gasteiger partial charge < -0.3 is 10.4 Å². The Bertz CT molecular complexity index is 381. The maximum atomic E-state index is 11.6. The molecule has 0 atom stereocenters. The first-order valence-corrected chi connectivity index (χ1v) is 5.57. The second-order valence-electron chi connectivity index (χ2n) is 3.65. The van der Waals surface area contributed by atoms with Gasteiger partial charge in [0, 0.05) is 4.88 Å². The third-order valence-electron chi connectivity index (χ3n) is 2.60. The average Bonchev–Trinajstić information content (AvgIpc) is 2.87. The minimum absolute atomic E-state index is 0.358. The van der Waals surface area contributed by atoms with Gasteiger partial charge in [-0.15, -0.1) is 11.3 Å². The standard InChI is InChI=1S/C10H11NO3S/c12-8(10(3-4-10)9(13)14)11-6-7-2-1-5-15-7/h1-2,5H,3-4,6H2,(H,11,12)(H,13,14). The molecule has 5 heteroatoms. The summed E-state index contributed by atoms with van der Waals surface area (Å²) in [5, 5.41) is 13.5. The van der Waals surface area contributed by atoms with Crippen LogP contribution in [0.4, 0.5) is 0 Å². The van der Waals surface area contributed by atoms with Crippen LogP contribution in [0.3, 0.4) is 0 Å². The number of nitrogens with one attached hydrogen (secondary N) is 1. The number of hydrogen-bond acceptors (Lipinski definition) is 3. The summed E-state index contributed by atoms with van der Waals surface area (Å²) in [7, 11) is 0. The minimum atomic E-state index is -1.13. The molecule has 2 rings (SSSR count). The van der Waals surface area contributed by atoms with E-state index in [4.69, 9.17) is 5.11 Å². The van der Waals surface area contributed by atoms with Crippen molar-refractivity contribution in [2.75, 3.05) is 0 Å². The van der Waals surface area contributed by atoms with E-state index in [0.29, 0.717) is 19.4 Å². The van der Waals surface area contributed by atoms with Crippen LogP contribution in [0.25, 0.3) is 0 Å². The van der Waals surface area contributed by atoms with E-state index in [1.165, 1.54) is 0 Å². The number of carboxylic acid groups (broad SMARTS) is 1. The van der Waals surface area contributed by atoms with Gasteiger partial charge in [-0.05, 0) is 24.3 Å². The van der Waals surface area contributed by atoms with E-state index in [-0.39, 0.29) is 5.91 Å². The van der Waals surface area contributed by atoms with Crippen molar-refractivity contribution in [3.05, 3.63) is 22.4 Å². The normalized spacial score (nSPS) is 17.1. The SMILES string of the molecule is O=C(O)C1(C(=O)NCc2cccs2)CC1. The molecule has 15 heavy (non-hydrogen) atoms. The monoisotopic (exact) mass is 225 g/mol. The number of thiophene rings is 1. The third-order valence-corrected chi connectivity index (χ3v) is 3.47. The van der Waals surface area contributed by atoms with Crippen molar-refractivity contribution in [1.29, 1.82) is 0 Å². The molecule has 0 aromatic carbocycles. The van der Waals surface area contributed by atoms with Gasteiger partial charge in [0.2, 0.25) is 5.91 Å². The highest BCUT2D eigenvalue weighted by Crippen LogP contribution is 2.46. The Morgan fingerprint density at radius 2 is 2.27 bits per heavy atom. The van der Waals surface area contributed by atoms with E-state index in [0.717, 1.165) is 4.88 Å². The van der Waals surface area contributed by atoms with Crippen molar-refractivity contribution in [3.63, 3.8) is 0 Å². The molecule has 0 bridgehead atoms. The zero-order valence-corrected chi connectivity index (χ0v) is 8.84. The van der Waals surface area contributed by atoms with Crippen LogP contribution in [0.5, 0.6) is 0 Å². The van der Waals surface area contributed by atoms with Gasteiger partial charge in [0.25, 0.3) is 0 Å². The molecule has 1 aromatic heterocycles. The fourth-order valence-corrected chi connectivity index (χ4v) is 2.06. The number of carbonyl (C=O) groups is 2. The third kappa shape index (κ3) is 1.87. The minimum Gasteiger partial charge on any atom is -0.480 e. The van der Waals surface area contributed by atoms with Gasteiger partial charge in [0.1, 0.15) is 5.41 Å². The highest BCUT2D eigenvalue weighted by atomic mass is 32.1. The Hall–Kier alpha value is -1.36. The zero-order chi connectivity index (χ0) is 10.9. The summed E-state index contributed by atoms with van der Waals surface area (Å²) in [5.41, 5.74) is -1.13. The van der Waals surface area contributed by atoms with Crippen LogP contribution in [0.2, 0.25) is 0 Å². The second kappa shape index (κ2) is 3.66. The van der Waals surface area contributed by atoms with Gasteiger partial charge >= 0.3 is 5.97 Å². The van der Waals surface area contributed by atoms with Gasteiger partial charge in [-0.2, -0.15) is 0 Å². The van der Waals surface area contributed by atoms with E-state index in [1.54, 1.807) is 11.3 Å². The average molecular weight is 225 g/mol. The molecule has 1 fully saturated rings. The van der Waals surface area contributed by atoms with Crippen LogP contribution >= 0.6 is 11.3 Å². The number of hydrogen-bond donors (Lipinski definition) is 2. The summed E-state index contributed by atoms with van der Waals surface area (Å²) in [6.07, 6.45) is 0.914. The van der Waals surface area contributed by atoms with E-state index in [9.17, 15) is 9.59 Å². The van der Waals surface area contributed by atoms with Gasteiger partial charge in [-0.1, -0.05) is 6.07 Å². The predicted molar refractivity (Wildman–Crippen MR) is 55.5 cm³/mol. The highest BCUT2D eigenvalue weighted by molar-refractivity contribution is 7.09. The Morgan fingerprint density at radius 3 is 2.73 bits per heavy atom. The molecule has 0 saturated heterocycles. The molecule has 4 nitrogen and oxygen atoms in total. The van der Waals surface area contributed by atoms with Gasteiger partial charge in [0.05, 0.1) is 6.54 Å². The van der Waals surface area contributed by atoms with Crippen molar-refractivity contribution in [2.24, 2.45) is 5.41 Å². The fraction of sp³-hybridized carbons (Fsp3) is 0.400. The molecule has 1 heterocycles. The van der Waals surface area contributed by atoms with Crippen molar-refractivity contribution in [2.45, 2.75) is 19.4 Å². The molecular weight excluding hydrogens is 214 g/mol. The summed E-state index contributed by atoms with van der Waals surface area (Å²) in [6, 6.07) is 3.81. The second-order valence-corrected chi connectivity index (χ2v) is 4.68. The maximum absolute atomic E-state index is 11.6. The van der Waals surface area contributed by atoms with Crippen LogP contribution < -0.4 is 5.32 Å². The Labute approximate surface area is 90.9 Å². The molecule has 0 spiro atoms. The molecule has 2 N–H and O–H groups in total. The summed E-state index contributed by atoms with van der Waals surface area (Å²) >= 11 is 1.54. The van der Waals surface area contributed by atoms with Crippen molar-refractivity contribution in [1.82, 2.24) is 5.32 Å². The zero-order valence-electron chi connectivity index (χ0n) is 8.03. The fourth-order valence-electron chi connectivity index (χ4n) is 1.41. The topological polar surface area (TPSA) is 66.4 Å². The number of amides is 1. The molecule has 1 aliphatic rings. The smallest absolute Gasteiger partial charge is 0.319 e. The first kappa shape index (κ1) is 10.2. The number of carboxylic acids is 1. The number of carbonyl (C=O) groups excluding carboxylic acids is 1. The van der Waals surface area contributed by atoms with Crippen LogP contribution in [0.1, 0.15) is 17.7 Å². The quantitative estimate of drug-likeness (QED) is 0.757. The van der Waals surface area contributed by atoms with Gasteiger partial charge in [-0.3, -0.25) is 9.59 Å². The van der Waals surface area contributed by atoms with Crippen molar-refractivity contribution >= 4 is 23.2 Å². The molecule has 0 unspecified atom stereocenters. The lowest BCUT2D eigenvalue weighted by Gasteiger charge is -2.09. The van der Waals surface area contributed by atoms with Crippen LogP contribution in [-0.2, 0) is 16.1 Å². The predicted octanol–water partition coefficient (Wildman–Crippen LogP) is 1.23. The van der Waals surface area contributed by atoms with Gasteiger partial charge in [-0.25, -0.2) is 0 Å². The van der Waals surface area contributed by atoms with Crippen molar-refractivity contribution in [3.8, 4) is 0 Å². The first-order chi connectivity index (χ1) is 7.15. The Kier molecular flexibility index (Phi) is 2.48. The largest absolute Gasteiger partial charge is 0.480 e. The van der Waals surface area contributed by atoms with Crippen LogP contribution in [0.15, 0.2) is 17.5 Å². The lowest BCUT2D eigenvalue weighted by Crippen LogP contribution is -2.36. The highest BCUT2D eigenvalue weighted by Gasteiger charge is 2.56. The van der Waals surface area contributed by atoms with E-state index in [1.807, 2.05) is 17.5 Å². The van der Waals surface area contributed by atoms with Crippen LogP contribution in [0, 0.1) is 5.41 Å². The van der Waals surface area contributed by atoms with E-state index >= 15 is 0 Å². The summed E-state index contributed by atoms with van der Waals surface area (Å²) in [4.78, 5) is 23.4. The van der Waals surface area contributed by atoms with Crippen LogP contribution in [-0.4, -0.2) is 17.0 Å². The molecule has 0 aliphatic heterocycles. The molecule has 0 radical (unpaired) electrons. The summed E-state index contributed by atoms with van der Waals surface area (Å²) in [5.74, 6) is -1.37. The van der Waals surface area contributed by atoms with Gasteiger partial charge in [0.15, 0.2) is 0 Å². The number of rotatable bonds is 4.